The van der Waals surface area contributed by atoms with Crippen LogP contribution in [0, 0.1) is 13.8 Å². The maximum absolute atomic E-state index is 13.4. The van der Waals surface area contributed by atoms with Gasteiger partial charge < -0.3 is 34.4 Å². The lowest BCUT2D eigenvalue weighted by molar-refractivity contribution is -0.140. The highest BCUT2D eigenvalue weighted by molar-refractivity contribution is 6.03. The first-order valence-electron chi connectivity index (χ1n) is 11.5. The van der Waals surface area contributed by atoms with Crippen molar-refractivity contribution >= 4 is 29.2 Å². The van der Waals surface area contributed by atoms with Crippen LogP contribution in [0.1, 0.15) is 41.1 Å². The van der Waals surface area contributed by atoms with E-state index in [1.54, 1.807) is 63.0 Å². The van der Waals surface area contributed by atoms with Gasteiger partial charge in [-0.3, -0.25) is 9.59 Å². The topological polar surface area (TPSA) is 126 Å². The molecule has 0 spiro atoms. The number of aromatic nitrogens is 1. The first-order valence-corrected chi connectivity index (χ1v) is 11.5. The fraction of sp³-hybridized carbons (Fsp3) is 0.500. The summed E-state index contributed by atoms with van der Waals surface area (Å²) in [4.78, 5) is 41.2. The van der Waals surface area contributed by atoms with E-state index >= 15 is 0 Å². The summed E-state index contributed by atoms with van der Waals surface area (Å²) in [5.74, 6) is 0.690. The zero-order valence-electron chi connectivity index (χ0n) is 20.6. The fourth-order valence-corrected chi connectivity index (χ4v) is 4.42. The number of rotatable bonds is 4. The molecule has 2 aromatic rings. The molecule has 4 amide bonds. The molecule has 3 heterocycles. The van der Waals surface area contributed by atoms with Crippen molar-refractivity contribution in [3.8, 4) is 5.75 Å². The van der Waals surface area contributed by atoms with Crippen LogP contribution in [0.15, 0.2) is 22.7 Å². The van der Waals surface area contributed by atoms with Crippen molar-refractivity contribution in [2.24, 2.45) is 0 Å². The molecule has 11 nitrogen and oxygen atoms in total. The Bertz CT molecular complexity index is 1110. The molecule has 2 aliphatic heterocycles. The van der Waals surface area contributed by atoms with E-state index in [9.17, 15) is 14.4 Å². The Morgan fingerprint density at radius 2 is 1.97 bits per heavy atom. The van der Waals surface area contributed by atoms with Gasteiger partial charge >= 0.3 is 6.03 Å². The molecule has 0 radical (unpaired) electrons. The van der Waals surface area contributed by atoms with Crippen LogP contribution in [0.4, 0.5) is 16.2 Å². The van der Waals surface area contributed by atoms with E-state index in [1.165, 1.54) is 0 Å². The Kier molecular flexibility index (Phi) is 6.97. The Morgan fingerprint density at radius 3 is 2.66 bits per heavy atom. The molecular formula is C24H31N5O6. The number of hydrogen-bond donors (Lipinski definition) is 2. The van der Waals surface area contributed by atoms with Crippen molar-refractivity contribution in [1.82, 2.24) is 15.0 Å². The second-order valence-corrected chi connectivity index (χ2v) is 9.15. The van der Waals surface area contributed by atoms with Crippen LogP contribution in [0.5, 0.6) is 5.75 Å². The molecule has 11 heteroatoms. The highest BCUT2D eigenvalue weighted by Crippen LogP contribution is 2.32. The SMILES string of the molecule is Cc1noc(C)c1NC(=O)Nc1ccc2c(c1)C(=O)N(C)[C@@H]1CC[C@H](CC(=O)N(C)C)O[C@@H]1CO2. The second-order valence-electron chi connectivity index (χ2n) is 9.15. The van der Waals surface area contributed by atoms with Gasteiger partial charge in [0.2, 0.25) is 5.91 Å². The van der Waals surface area contributed by atoms with E-state index in [0.29, 0.717) is 53.4 Å². The molecule has 1 saturated heterocycles. The smallest absolute Gasteiger partial charge is 0.323 e. The quantitative estimate of drug-likeness (QED) is 0.682. The average Bonchev–Trinajstić information content (AvgIpc) is 3.13. The molecule has 1 aromatic heterocycles. The van der Waals surface area contributed by atoms with Crippen molar-refractivity contribution in [1.29, 1.82) is 0 Å². The molecule has 2 N–H and O–H groups in total. The number of fused-ring (bicyclic) bond motifs is 2. The highest BCUT2D eigenvalue weighted by Gasteiger charge is 2.39. The molecule has 1 aromatic carbocycles. The van der Waals surface area contributed by atoms with Gasteiger partial charge in [-0.1, -0.05) is 5.16 Å². The Hall–Kier alpha value is -3.60. The molecule has 0 unspecified atom stereocenters. The summed E-state index contributed by atoms with van der Waals surface area (Å²) in [7, 11) is 5.19. The summed E-state index contributed by atoms with van der Waals surface area (Å²) >= 11 is 0. The van der Waals surface area contributed by atoms with Crippen LogP contribution in [-0.2, 0) is 9.53 Å². The van der Waals surface area contributed by atoms with Crippen LogP contribution in [0.25, 0.3) is 0 Å². The molecule has 4 rings (SSSR count). The number of likely N-dealkylation sites (N-methyl/N-ethyl adjacent to an activating group) is 1. The van der Waals surface area contributed by atoms with Crippen molar-refractivity contribution in [3.63, 3.8) is 0 Å². The van der Waals surface area contributed by atoms with Crippen LogP contribution < -0.4 is 15.4 Å². The van der Waals surface area contributed by atoms with Gasteiger partial charge in [-0.05, 0) is 44.9 Å². The monoisotopic (exact) mass is 485 g/mol. The summed E-state index contributed by atoms with van der Waals surface area (Å²) in [5, 5.41) is 9.27. The normalized spacial score (nSPS) is 21.7. The summed E-state index contributed by atoms with van der Waals surface area (Å²) in [6, 6.07) is 4.26. The number of benzene rings is 1. The van der Waals surface area contributed by atoms with E-state index in [-0.39, 0.29) is 36.7 Å². The van der Waals surface area contributed by atoms with Gasteiger partial charge in [0.05, 0.1) is 24.1 Å². The molecule has 1 fully saturated rings. The molecule has 188 valence electrons. The van der Waals surface area contributed by atoms with E-state index < -0.39 is 6.03 Å². The third kappa shape index (κ3) is 5.24. The first kappa shape index (κ1) is 24.5. The molecule has 3 atom stereocenters. The number of nitrogens with zero attached hydrogens (tertiary/aromatic N) is 3. The number of amides is 4. The van der Waals surface area contributed by atoms with Crippen molar-refractivity contribution in [3.05, 3.63) is 35.2 Å². The lowest BCUT2D eigenvalue weighted by Gasteiger charge is -2.42. The lowest BCUT2D eigenvalue weighted by Crippen LogP contribution is -2.53. The largest absolute Gasteiger partial charge is 0.490 e. The Labute approximate surface area is 203 Å². The molecule has 0 bridgehead atoms. The number of aryl methyl sites for hydroxylation is 2. The minimum absolute atomic E-state index is 0.00779. The van der Waals surface area contributed by atoms with E-state index in [4.69, 9.17) is 14.0 Å². The number of carbonyl (C=O) groups is 3. The Morgan fingerprint density at radius 1 is 1.20 bits per heavy atom. The van der Waals surface area contributed by atoms with E-state index in [2.05, 4.69) is 15.8 Å². The average molecular weight is 486 g/mol. The summed E-state index contributed by atoms with van der Waals surface area (Å²) in [6.07, 6.45) is 1.13. The molecule has 2 aliphatic rings. The fourth-order valence-electron chi connectivity index (χ4n) is 4.42. The Balaban J connectivity index is 1.47. The van der Waals surface area contributed by atoms with E-state index in [0.717, 1.165) is 0 Å². The maximum Gasteiger partial charge on any atom is 0.323 e. The number of urea groups is 1. The first-order chi connectivity index (χ1) is 16.6. The van der Waals surface area contributed by atoms with Gasteiger partial charge in [0.15, 0.2) is 5.76 Å². The number of carbonyl (C=O) groups excluding carboxylic acids is 3. The zero-order valence-corrected chi connectivity index (χ0v) is 20.6. The second kappa shape index (κ2) is 9.95. The molecule has 0 aliphatic carbocycles. The van der Waals surface area contributed by atoms with Crippen LogP contribution in [0.2, 0.25) is 0 Å². The van der Waals surface area contributed by atoms with Gasteiger partial charge in [0.25, 0.3) is 5.91 Å². The number of ether oxygens (including phenoxy) is 2. The van der Waals surface area contributed by atoms with Gasteiger partial charge in [-0.25, -0.2) is 4.79 Å². The predicted octanol–water partition coefficient (Wildman–Crippen LogP) is 2.79. The van der Waals surface area contributed by atoms with Crippen LogP contribution >= 0.6 is 0 Å². The third-order valence-corrected chi connectivity index (χ3v) is 6.44. The third-order valence-electron chi connectivity index (χ3n) is 6.44. The minimum Gasteiger partial charge on any atom is -0.490 e. The molecular weight excluding hydrogens is 454 g/mol. The summed E-state index contributed by atoms with van der Waals surface area (Å²) in [6.45, 7) is 3.69. The van der Waals surface area contributed by atoms with Crippen molar-refractivity contribution in [2.45, 2.75) is 51.4 Å². The summed E-state index contributed by atoms with van der Waals surface area (Å²) in [5.41, 5.74) is 1.86. The maximum atomic E-state index is 13.4. The molecule has 0 saturated carbocycles. The highest BCUT2D eigenvalue weighted by atomic mass is 16.5. The van der Waals surface area contributed by atoms with Crippen molar-refractivity contribution < 1.29 is 28.4 Å². The van der Waals surface area contributed by atoms with E-state index in [1.807, 2.05) is 0 Å². The molecule has 35 heavy (non-hydrogen) atoms. The van der Waals surface area contributed by atoms with Gasteiger partial charge in [-0.15, -0.1) is 0 Å². The van der Waals surface area contributed by atoms with Crippen LogP contribution in [0.3, 0.4) is 0 Å². The van der Waals surface area contributed by atoms with Gasteiger partial charge in [-0.2, -0.15) is 0 Å². The number of hydrogen-bond acceptors (Lipinski definition) is 7. The summed E-state index contributed by atoms with van der Waals surface area (Å²) < 4.78 is 17.2. The van der Waals surface area contributed by atoms with Crippen LogP contribution in [-0.4, -0.2) is 78.8 Å². The predicted molar refractivity (Wildman–Crippen MR) is 128 cm³/mol. The zero-order chi connectivity index (χ0) is 25.3. The number of nitrogens with one attached hydrogen (secondary N) is 2. The number of anilines is 2. The van der Waals surface area contributed by atoms with Gasteiger partial charge in [0.1, 0.15) is 29.8 Å². The van der Waals surface area contributed by atoms with Gasteiger partial charge in [0, 0.05) is 26.8 Å². The standard InChI is InChI=1S/C24H31N5O6/c1-13-22(14(2)35-27-13)26-24(32)25-15-6-9-19-17(10-15)23(31)29(5)18-8-7-16(11-21(30)28(3)4)34-20(18)12-33-19/h6,9-10,16,18,20H,7-8,11-12H2,1-5H3,(H2,25,26,32)/t16-,18-,20-/m1/s1. The minimum atomic E-state index is -0.481. The lowest BCUT2D eigenvalue weighted by atomic mass is 9.94. The van der Waals surface area contributed by atoms with Crippen molar-refractivity contribution in [2.75, 3.05) is 38.4 Å².